The second-order valence-electron chi connectivity index (χ2n) is 5.63. The van der Waals surface area contributed by atoms with Crippen molar-refractivity contribution in [3.05, 3.63) is 23.7 Å². The summed E-state index contributed by atoms with van der Waals surface area (Å²) in [6.07, 6.45) is 4.55. The van der Waals surface area contributed by atoms with Crippen LogP contribution in [0.5, 0.6) is 0 Å². The third-order valence-corrected chi connectivity index (χ3v) is 3.83. The van der Waals surface area contributed by atoms with Crippen LogP contribution in [0.25, 0.3) is 0 Å². The van der Waals surface area contributed by atoms with Gasteiger partial charge in [0.15, 0.2) is 0 Å². The summed E-state index contributed by atoms with van der Waals surface area (Å²) < 4.78 is 5.67. The van der Waals surface area contributed by atoms with Gasteiger partial charge in [0.2, 0.25) is 0 Å². The van der Waals surface area contributed by atoms with E-state index in [0.29, 0.717) is 0 Å². The van der Waals surface area contributed by atoms with Crippen LogP contribution < -0.4 is 5.32 Å². The van der Waals surface area contributed by atoms with Crippen LogP contribution in [0.4, 0.5) is 0 Å². The highest BCUT2D eigenvalue weighted by Gasteiger charge is 2.27. The van der Waals surface area contributed by atoms with Crippen LogP contribution in [0, 0.1) is 5.92 Å². The van der Waals surface area contributed by atoms with Gasteiger partial charge in [0.1, 0.15) is 5.76 Å². The zero-order valence-electron chi connectivity index (χ0n) is 11.9. The van der Waals surface area contributed by atoms with E-state index in [0.717, 1.165) is 37.4 Å². The maximum absolute atomic E-state index is 5.67. The van der Waals surface area contributed by atoms with Gasteiger partial charge in [-0.1, -0.05) is 20.8 Å². The Balaban J connectivity index is 1.90. The van der Waals surface area contributed by atoms with Gasteiger partial charge in [-0.05, 0) is 37.9 Å². The molecule has 2 heterocycles. The lowest BCUT2D eigenvalue weighted by molar-refractivity contribution is 0.185. The second kappa shape index (κ2) is 6.39. The average Bonchev–Trinajstić information content (AvgIpc) is 2.96. The largest absolute Gasteiger partial charge is 0.468 e. The monoisotopic (exact) mass is 250 g/mol. The second-order valence-corrected chi connectivity index (χ2v) is 5.63. The first-order chi connectivity index (χ1) is 8.70. The highest BCUT2D eigenvalue weighted by atomic mass is 16.3. The lowest BCUT2D eigenvalue weighted by atomic mass is 10.0. The lowest BCUT2D eigenvalue weighted by Gasteiger charge is -2.26. The normalized spacial score (nSPS) is 21.0. The molecule has 1 aliphatic rings. The van der Waals surface area contributed by atoms with Gasteiger partial charge >= 0.3 is 0 Å². The Kier molecular flexibility index (Phi) is 4.84. The van der Waals surface area contributed by atoms with Gasteiger partial charge in [-0.2, -0.15) is 0 Å². The first kappa shape index (κ1) is 13.6. The van der Waals surface area contributed by atoms with Crippen molar-refractivity contribution in [3.63, 3.8) is 0 Å². The number of nitrogens with zero attached hydrogens (tertiary/aromatic N) is 1. The van der Waals surface area contributed by atoms with Crippen LogP contribution in [0.1, 0.15) is 44.9 Å². The molecule has 1 atom stereocenters. The molecule has 0 spiro atoms. The Morgan fingerprint density at radius 1 is 1.50 bits per heavy atom. The first-order valence-electron chi connectivity index (χ1n) is 7.21. The number of nitrogens with one attached hydrogen (secondary N) is 1. The van der Waals surface area contributed by atoms with Crippen molar-refractivity contribution in [1.29, 1.82) is 0 Å². The van der Waals surface area contributed by atoms with Gasteiger partial charge < -0.3 is 9.73 Å². The van der Waals surface area contributed by atoms with E-state index in [1.165, 1.54) is 24.9 Å². The molecule has 1 unspecified atom stereocenters. The Hall–Kier alpha value is -0.800. The molecule has 0 radical (unpaired) electrons. The molecule has 1 N–H and O–H groups in total. The van der Waals surface area contributed by atoms with Crippen molar-refractivity contribution in [1.82, 2.24) is 10.2 Å². The minimum absolute atomic E-state index is 0.729. The summed E-state index contributed by atoms with van der Waals surface area (Å²) in [5.41, 5.74) is 1.26. The van der Waals surface area contributed by atoms with Crippen LogP contribution in [0.3, 0.4) is 0 Å². The van der Waals surface area contributed by atoms with E-state index in [-0.39, 0.29) is 0 Å². The highest BCUT2D eigenvalue weighted by molar-refractivity contribution is 5.13. The van der Waals surface area contributed by atoms with Gasteiger partial charge in [0.25, 0.3) is 0 Å². The molecule has 1 aromatic heterocycles. The Morgan fingerprint density at radius 2 is 2.33 bits per heavy atom. The summed E-state index contributed by atoms with van der Waals surface area (Å²) >= 11 is 0. The summed E-state index contributed by atoms with van der Waals surface area (Å²) in [7, 11) is 0. The zero-order chi connectivity index (χ0) is 13.0. The molecule has 0 aromatic carbocycles. The summed E-state index contributed by atoms with van der Waals surface area (Å²) in [5, 5.41) is 3.32. The molecule has 0 bridgehead atoms. The van der Waals surface area contributed by atoms with E-state index >= 15 is 0 Å². The van der Waals surface area contributed by atoms with Crippen LogP contribution in [0.15, 0.2) is 16.7 Å². The fraction of sp³-hybridized carbons (Fsp3) is 0.733. The standard InChI is InChI=1S/C15H26N2O/c1-4-16-9-13-8-14(18-11-13)10-17-7-5-6-15(17)12(2)3/h8,11-12,15-16H,4-7,9-10H2,1-3H3. The number of furan rings is 1. The predicted octanol–water partition coefficient (Wildman–Crippen LogP) is 3.01. The number of hydrogen-bond donors (Lipinski definition) is 1. The molecule has 1 aliphatic heterocycles. The van der Waals surface area contributed by atoms with E-state index in [2.05, 4.69) is 37.1 Å². The number of rotatable bonds is 6. The zero-order valence-corrected chi connectivity index (χ0v) is 11.9. The van der Waals surface area contributed by atoms with Gasteiger partial charge in [-0.25, -0.2) is 0 Å². The van der Waals surface area contributed by atoms with Crippen molar-refractivity contribution in [3.8, 4) is 0 Å². The molecule has 18 heavy (non-hydrogen) atoms. The highest BCUT2D eigenvalue weighted by Crippen LogP contribution is 2.25. The molecule has 1 aromatic rings. The lowest BCUT2D eigenvalue weighted by Crippen LogP contribution is -2.32. The molecular formula is C15H26N2O. The Labute approximate surface area is 111 Å². The molecule has 0 saturated carbocycles. The SMILES string of the molecule is CCNCc1coc(CN2CCCC2C(C)C)c1. The minimum atomic E-state index is 0.729. The van der Waals surface area contributed by atoms with Crippen molar-refractivity contribution in [2.45, 2.75) is 52.7 Å². The molecule has 102 valence electrons. The summed E-state index contributed by atoms with van der Waals surface area (Å²) in [6, 6.07) is 2.92. The maximum Gasteiger partial charge on any atom is 0.118 e. The van der Waals surface area contributed by atoms with Crippen molar-refractivity contribution in [2.24, 2.45) is 5.92 Å². The third-order valence-electron chi connectivity index (χ3n) is 3.83. The molecule has 0 amide bonds. The van der Waals surface area contributed by atoms with E-state index in [1.54, 1.807) is 0 Å². The van der Waals surface area contributed by atoms with Gasteiger partial charge in [0, 0.05) is 18.2 Å². The smallest absolute Gasteiger partial charge is 0.118 e. The van der Waals surface area contributed by atoms with Crippen molar-refractivity contribution < 1.29 is 4.42 Å². The van der Waals surface area contributed by atoms with Crippen LogP contribution in [-0.2, 0) is 13.1 Å². The summed E-state index contributed by atoms with van der Waals surface area (Å²) in [6.45, 7) is 10.9. The Morgan fingerprint density at radius 3 is 3.06 bits per heavy atom. The van der Waals surface area contributed by atoms with Crippen molar-refractivity contribution in [2.75, 3.05) is 13.1 Å². The van der Waals surface area contributed by atoms with Crippen LogP contribution in [0.2, 0.25) is 0 Å². The molecule has 2 rings (SSSR count). The maximum atomic E-state index is 5.67. The fourth-order valence-corrected chi connectivity index (χ4v) is 2.87. The fourth-order valence-electron chi connectivity index (χ4n) is 2.87. The molecule has 3 nitrogen and oxygen atoms in total. The number of hydrogen-bond acceptors (Lipinski definition) is 3. The molecule has 1 fully saturated rings. The Bertz CT molecular complexity index is 359. The topological polar surface area (TPSA) is 28.4 Å². The quantitative estimate of drug-likeness (QED) is 0.841. The molecule has 0 aliphatic carbocycles. The van der Waals surface area contributed by atoms with E-state index in [4.69, 9.17) is 4.42 Å². The van der Waals surface area contributed by atoms with Crippen LogP contribution in [-0.4, -0.2) is 24.0 Å². The van der Waals surface area contributed by atoms with Crippen LogP contribution >= 0.6 is 0 Å². The van der Waals surface area contributed by atoms with E-state index in [1.807, 2.05) is 6.26 Å². The predicted molar refractivity (Wildman–Crippen MR) is 74.4 cm³/mol. The van der Waals surface area contributed by atoms with E-state index < -0.39 is 0 Å². The summed E-state index contributed by atoms with van der Waals surface area (Å²) in [4.78, 5) is 2.57. The summed E-state index contributed by atoms with van der Waals surface area (Å²) in [5.74, 6) is 1.85. The van der Waals surface area contributed by atoms with Crippen molar-refractivity contribution >= 4 is 0 Å². The molecular weight excluding hydrogens is 224 g/mol. The van der Waals surface area contributed by atoms with E-state index in [9.17, 15) is 0 Å². The van der Waals surface area contributed by atoms with Gasteiger partial charge in [-0.3, -0.25) is 4.90 Å². The number of likely N-dealkylation sites (tertiary alicyclic amines) is 1. The third kappa shape index (κ3) is 3.36. The first-order valence-corrected chi connectivity index (χ1v) is 7.21. The minimum Gasteiger partial charge on any atom is -0.468 e. The van der Waals surface area contributed by atoms with Gasteiger partial charge in [-0.15, -0.1) is 0 Å². The average molecular weight is 250 g/mol. The van der Waals surface area contributed by atoms with Gasteiger partial charge in [0.05, 0.1) is 12.8 Å². The molecule has 1 saturated heterocycles. The molecule has 3 heteroatoms.